The number of nitrogens with one attached hydrogen (secondary N) is 1. The Morgan fingerprint density at radius 2 is 1.71 bits per heavy atom. The summed E-state index contributed by atoms with van der Waals surface area (Å²) >= 11 is 0. The average molecular weight is 243 g/mol. The zero-order valence-corrected chi connectivity index (χ0v) is 9.98. The molecule has 17 heavy (non-hydrogen) atoms. The van der Waals surface area contributed by atoms with Crippen LogP contribution >= 0.6 is 0 Å². The summed E-state index contributed by atoms with van der Waals surface area (Å²) in [5, 5.41) is 0. The first-order chi connectivity index (χ1) is 8.00. The second-order valence-corrected chi connectivity index (χ2v) is 4.78. The average Bonchev–Trinajstić information content (AvgIpc) is 2.28. The predicted molar refractivity (Wildman–Crippen MR) is 64.1 cm³/mol. The van der Waals surface area contributed by atoms with Crippen molar-refractivity contribution < 1.29 is 17.8 Å². The number of halogens is 3. The van der Waals surface area contributed by atoms with Crippen molar-refractivity contribution in [3.8, 4) is 0 Å². The monoisotopic (exact) mass is 243 g/mol. The van der Waals surface area contributed by atoms with Gasteiger partial charge in [-0.25, -0.2) is 0 Å². The maximum Gasteiger partial charge on any atom is 0.515 e. The summed E-state index contributed by atoms with van der Waals surface area (Å²) in [6.07, 6.45) is 3.18. The van der Waals surface area contributed by atoms with Crippen LogP contribution in [0.3, 0.4) is 0 Å². The van der Waals surface area contributed by atoms with Crippen molar-refractivity contribution in [2.24, 2.45) is 0 Å². The summed E-state index contributed by atoms with van der Waals surface area (Å²) in [5.74, 6) is 0. The maximum atomic E-state index is 13.1. The van der Waals surface area contributed by atoms with Crippen molar-refractivity contribution in [1.82, 2.24) is 0 Å². The van der Waals surface area contributed by atoms with Crippen LogP contribution in [0.25, 0.3) is 0 Å². The van der Waals surface area contributed by atoms with E-state index in [4.69, 9.17) is 0 Å². The van der Waals surface area contributed by atoms with Gasteiger partial charge in [-0.05, 0) is 37.7 Å². The third-order valence-electron chi connectivity index (χ3n) is 3.49. The van der Waals surface area contributed by atoms with Gasteiger partial charge in [0.2, 0.25) is 0 Å². The van der Waals surface area contributed by atoms with Gasteiger partial charge in [0.05, 0.1) is 13.1 Å². The minimum absolute atomic E-state index is 0.355. The van der Waals surface area contributed by atoms with E-state index in [9.17, 15) is 12.9 Å². The molecule has 1 nitrogen and oxygen atoms in total. The van der Waals surface area contributed by atoms with E-state index >= 15 is 0 Å². The molecule has 1 N–H and O–H groups in total. The van der Waals surface area contributed by atoms with Crippen LogP contribution in [-0.2, 0) is 0 Å². The molecule has 1 aromatic carbocycles. The van der Waals surface area contributed by atoms with E-state index in [1.165, 1.54) is 0 Å². The Labute approximate surface area is 99.7 Å². The highest BCUT2D eigenvalue weighted by Crippen LogP contribution is 2.17. The molecule has 1 heterocycles. The molecule has 1 saturated heterocycles. The first kappa shape index (κ1) is 12.5. The number of piperidine rings is 1. The normalized spacial score (nSPS) is 18.4. The Morgan fingerprint density at radius 1 is 1.06 bits per heavy atom. The second-order valence-electron chi connectivity index (χ2n) is 4.78. The van der Waals surface area contributed by atoms with Gasteiger partial charge in [-0.2, -0.15) is 0 Å². The predicted octanol–water partition coefficient (Wildman–Crippen LogP) is 1.75. The Kier molecular flexibility index (Phi) is 3.47. The molecule has 1 fully saturated rings. The molecule has 1 aliphatic rings. The molecule has 2 rings (SSSR count). The van der Waals surface area contributed by atoms with Crippen LogP contribution in [0.1, 0.15) is 24.8 Å². The summed E-state index contributed by atoms with van der Waals surface area (Å²) in [7, 11) is 0. The molecule has 1 aliphatic heterocycles. The SMILES string of the molecule is Cc1cccc([NH+]2CCCCC2)c1[B-](F)(F)F. The zero-order chi connectivity index (χ0) is 12.5. The second kappa shape index (κ2) is 4.73. The van der Waals surface area contributed by atoms with Gasteiger partial charge in [-0.3, -0.25) is 0 Å². The summed E-state index contributed by atoms with van der Waals surface area (Å²) in [6, 6.07) is 4.92. The maximum absolute atomic E-state index is 13.1. The molecule has 0 atom stereocenters. The minimum Gasteiger partial charge on any atom is -0.445 e. The summed E-state index contributed by atoms with van der Waals surface area (Å²) in [5.41, 5.74) is 0.440. The van der Waals surface area contributed by atoms with Crippen LogP contribution in [-0.4, -0.2) is 20.1 Å². The van der Waals surface area contributed by atoms with E-state index < -0.39 is 6.98 Å². The molecule has 0 bridgehead atoms. The van der Waals surface area contributed by atoms with Crippen molar-refractivity contribution >= 4 is 18.1 Å². The number of hydrogen-bond acceptors (Lipinski definition) is 0. The van der Waals surface area contributed by atoms with Crippen molar-refractivity contribution in [2.75, 3.05) is 13.1 Å². The Bertz CT molecular complexity index is 397. The molecule has 0 spiro atoms. The quantitative estimate of drug-likeness (QED) is 0.755. The molecule has 5 heteroatoms. The zero-order valence-electron chi connectivity index (χ0n) is 9.98. The number of rotatable bonds is 2. The summed E-state index contributed by atoms with van der Waals surface area (Å²) in [4.78, 5) is 0.995. The highest BCUT2D eigenvalue weighted by atomic mass is 19.4. The van der Waals surface area contributed by atoms with E-state index in [0.29, 0.717) is 11.3 Å². The van der Waals surface area contributed by atoms with Gasteiger partial charge in [0.25, 0.3) is 0 Å². The van der Waals surface area contributed by atoms with Crippen LogP contribution in [0.5, 0.6) is 0 Å². The molecule has 0 aromatic heterocycles. The Balaban J connectivity index is 2.42. The molecule has 0 radical (unpaired) electrons. The minimum atomic E-state index is -4.91. The third-order valence-corrected chi connectivity index (χ3v) is 3.49. The largest absolute Gasteiger partial charge is 0.515 e. The fourth-order valence-corrected chi connectivity index (χ4v) is 2.67. The van der Waals surface area contributed by atoms with Gasteiger partial charge >= 0.3 is 6.98 Å². The number of quaternary nitrogens is 1. The smallest absolute Gasteiger partial charge is 0.445 e. The summed E-state index contributed by atoms with van der Waals surface area (Å²) < 4.78 is 39.3. The summed E-state index contributed by atoms with van der Waals surface area (Å²) in [6.45, 7) is -1.71. The molecule has 0 aliphatic carbocycles. The fourth-order valence-electron chi connectivity index (χ4n) is 2.67. The topological polar surface area (TPSA) is 4.44 Å². The highest BCUT2D eigenvalue weighted by Gasteiger charge is 2.34. The number of aryl methyl sites for hydroxylation is 1. The molecule has 1 aromatic rings. The lowest BCUT2D eigenvalue weighted by molar-refractivity contribution is -0.837. The van der Waals surface area contributed by atoms with Gasteiger partial charge < -0.3 is 17.8 Å². The molecular weight excluding hydrogens is 226 g/mol. The highest BCUT2D eigenvalue weighted by molar-refractivity contribution is 6.75. The standard InChI is InChI=1S/C12H16BF3N/c1-10-6-5-7-11(12(10)13(14,15)16)17-8-3-2-4-9-17/h5-7H,2-4,8-9H2,1H3/q-1/p+1. The molecule has 0 amide bonds. The van der Waals surface area contributed by atoms with Crippen molar-refractivity contribution in [1.29, 1.82) is 0 Å². The Hall–Kier alpha value is -0.965. The molecule has 94 valence electrons. The van der Waals surface area contributed by atoms with Crippen LogP contribution in [0.2, 0.25) is 0 Å². The fraction of sp³-hybridized carbons (Fsp3) is 0.500. The van der Waals surface area contributed by atoms with Gasteiger partial charge in [0.15, 0.2) is 0 Å². The number of benzene rings is 1. The van der Waals surface area contributed by atoms with Crippen LogP contribution in [0, 0.1) is 6.92 Å². The van der Waals surface area contributed by atoms with Crippen molar-refractivity contribution in [3.05, 3.63) is 23.8 Å². The van der Waals surface area contributed by atoms with Gasteiger partial charge in [0.1, 0.15) is 5.69 Å². The van der Waals surface area contributed by atoms with E-state index in [0.717, 1.165) is 37.3 Å². The molecular formula is C12H17BF3N. The van der Waals surface area contributed by atoms with Crippen molar-refractivity contribution in [3.63, 3.8) is 0 Å². The van der Waals surface area contributed by atoms with Crippen LogP contribution in [0.15, 0.2) is 18.2 Å². The van der Waals surface area contributed by atoms with E-state index in [2.05, 4.69) is 0 Å². The molecule has 0 unspecified atom stereocenters. The molecule has 0 saturated carbocycles. The lowest BCUT2D eigenvalue weighted by Gasteiger charge is -2.29. The number of hydrogen-bond donors (Lipinski definition) is 1. The van der Waals surface area contributed by atoms with E-state index in [-0.39, 0.29) is 5.46 Å². The third kappa shape index (κ3) is 2.65. The lowest BCUT2D eigenvalue weighted by Crippen LogP contribution is -3.09. The van der Waals surface area contributed by atoms with Gasteiger partial charge in [-0.15, -0.1) is 0 Å². The first-order valence-corrected chi connectivity index (χ1v) is 6.14. The van der Waals surface area contributed by atoms with E-state index in [1.807, 2.05) is 0 Å². The van der Waals surface area contributed by atoms with Crippen LogP contribution < -0.4 is 10.4 Å². The first-order valence-electron chi connectivity index (χ1n) is 6.14. The Morgan fingerprint density at radius 3 is 2.29 bits per heavy atom. The van der Waals surface area contributed by atoms with E-state index in [1.54, 1.807) is 25.1 Å². The van der Waals surface area contributed by atoms with Gasteiger partial charge in [0, 0.05) is 0 Å². The van der Waals surface area contributed by atoms with Crippen molar-refractivity contribution in [2.45, 2.75) is 26.2 Å². The lowest BCUT2D eigenvalue weighted by atomic mass is 9.75. The van der Waals surface area contributed by atoms with Crippen LogP contribution in [0.4, 0.5) is 18.6 Å². The van der Waals surface area contributed by atoms with Gasteiger partial charge in [-0.1, -0.05) is 17.7 Å².